The van der Waals surface area contributed by atoms with Crippen LogP contribution in [-0.4, -0.2) is 30.5 Å². The molecule has 0 aliphatic carbocycles. The van der Waals surface area contributed by atoms with Crippen molar-refractivity contribution >= 4 is 16.1 Å². The molecule has 1 aromatic heterocycles. The second-order valence-corrected chi connectivity index (χ2v) is 10.5. The second kappa shape index (κ2) is 8.79. The van der Waals surface area contributed by atoms with Gasteiger partial charge >= 0.3 is 0 Å². The van der Waals surface area contributed by atoms with Crippen LogP contribution in [-0.2, 0) is 9.84 Å². The summed E-state index contributed by atoms with van der Waals surface area (Å²) in [6.07, 6.45) is 3.73. The normalized spacial score (nSPS) is 11.7. The van der Waals surface area contributed by atoms with Gasteiger partial charge in [-0.2, -0.15) is 0 Å². The van der Waals surface area contributed by atoms with E-state index in [4.69, 9.17) is 0 Å². The van der Waals surface area contributed by atoms with Gasteiger partial charge in [-0.3, -0.25) is 9.36 Å². The van der Waals surface area contributed by atoms with Crippen molar-refractivity contribution in [1.82, 2.24) is 9.55 Å². The summed E-state index contributed by atoms with van der Waals surface area (Å²) in [7, 11) is -3.29. The Balaban J connectivity index is 1.84. The van der Waals surface area contributed by atoms with E-state index in [2.05, 4.69) is 24.9 Å². The minimum absolute atomic E-state index is 0.291. The maximum Gasteiger partial charge on any atom is 0.175 e. The van der Waals surface area contributed by atoms with E-state index in [0.717, 1.165) is 45.6 Å². The fraction of sp³-hybridized carbons (Fsp3) is 0.185. The molecule has 0 radical (unpaired) electrons. The fourth-order valence-corrected chi connectivity index (χ4v) is 4.71. The van der Waals surface area contributed by atoms with E-state index in [1.54, 1.807) is 24.4 Å². The average molecular weight is 459 g/mol. The van der Waals surface area contributed by atoms with Crippen LogP contribution in [0.5, 0.6) is 0 Å². The zero-order chi connectivity index (χ0) is 23.8. The number of benzene rings is 3. The largest absolute Gasteiger partial charge is 0.299 e. The summed E-state index contributed by atoms with van der Waals surface area (Å²) in [6, 6.07) is 21.0. The molecule has 1 heterocycles. The van der Waals surface area contributed by atoms with E-state index in [1.165, 1.54) is 6.26 Å². The lowest BCUT2D eigenvalue weighted by Gasteiger charge is -2.16. The molecule has 0 N–H and O–H groups in total. The lowest BCUT2D eigenvalue weighted by Crippen LogP contribution is -2.02. The highest BCUT2D eigenvalue weighted by Gasteiger charge is 2.18. The van der Waals surface area contributed by atoms with E-state index in [-0.39, 0.29) is 0 Å². The van der Waals surface area contributed by atoms with Crippen LogP contribution in [0.25, 0.3) is 28.2 Å². The second-order valence-electron chi connectivity index (χ2n) is 8.52. The van der Waals surface area contributed by atoms with Crippen molar-refractivity contribution < 1.29 is 13.2 Å². The molecule has 0 fully saturated rings. The van der Waals surface area contributed by atoms with Gasteiger partial charge in [-0.1, -0.05) is 56.3 Å². The molecule has 0 atom stereocenters. The Hall–Kier alpha value is -3.51. The molecule has 0 saturated heterocycles. The van der Waals surface area contributed by atoms with Gasteiger partial charge in [0.15, 0.2) is 16.1 Å². The van der Waals surface area contributed by atoms with Crippen LogP contribution in [0, 0.1) is 6.92 Å². The molecule has 5 nitrogen and oxygen atoms in total. The first kappa shape index (κ1) is 22.7. The molecule has 33 heavy (non-hydrogen) atoms. The van der Waals surface area contributed by atoms with Crippen LogP contribution in [0.15, 0.2) is 77.8 Å². The van der Waals surface area contributed by atoms with Gasteiger partial charge in [0, 0.05) is 18.0 Å². The predicted molar refractivity (Wildman–Crippen MR) is 132 cm³/mol. The van der Waals surface area contributed by atoms with Crippen LogP contribution in [0.1, 0.15) is 41.4 Å². The first-order valence-corrected chi connectivity index (χ1v) is 12.6. The van der Waals surface area contributed by atoms with Crippen LogP contribution < -0.4 is 0 Å². The van der Waals surface area contributed by atoms with E-state index in [1.807, 2.05) is 54.0 Å². The molecular formula is C27H26N2O3S. The first-order valence-electron chi connectivity index (χ1n) is 10.7. The van der Waals surface area contributed by atoms with E-state index in [0.29, 0.717) is 16.5 Å². The molecule has 4 aromatic rings. The maximum atomic E-state index is 12.0. The average Bonchev–Trinajstić information content (AvgIpc) is 3.22. The number of aromatic nitrogens is 2. The van der Waals surface area contributed by atoms with Crippen molar-refractivity contribution in [1.29, 1.82) is 0 Å². The highest BCUT2D eigenvalue weighted by atomic mass is 32.2. The molecule has 6 heteroatoms. The zero-order valence-corrected chi connectivity index (χ0v) is 19.9. The maximum absolute atomic E-state index is 12.0. The topological polar surface area (TPSA) is 69.0 Å². The third-order valence-electron chi connectivity index (χ3n) is 5.72. The van der Waals surface area contributed by atoms with Gasteiger partial charge in [0.1, 0.15) is 11.5 Å². The molecule has 0 spiro atoms. The first-order chi connectivity index (χ1) is 15.7. The Kier molecular flexibility index (Phi) is 6.04. The lowest BCUT2D eigenvalue weighted by atomic mass is 9.96. The standard InChI is InChI=1S/C27H26N2O3S/c1-18(2)24-10-5-6-11-25(24)27-28-22(17-30)16-29(27)26-13-12-21(14-19(26)3)20-8-7-9-23(15-20)33(4,31)32/h5-18H,1-4H3. The number of aldehydes is 1. The molecule has 0 amide bonds. The third-order valence-corrected chi connectivity index (χ3v) is 6.83. The summed E-state index contributed by atoms with van der Waals surface area (Å²) in [5.74, 6) is 1.02. The summed E-state index contributed by atoms with van der Waals surface area (Å²) in [5, 5.41) is 0. The number of carbonyl (C=O) groups excluding carboxylic acids is 1. The molecule has 168 valence electrons. The summed E-state index contributed by atoms with van der Waals surface area (Å²) >= 11 is 0. The van der Waals surface area contributed by atoms with Crippen LogP contribution in [0.4, 0.5) is 0 Å². The van der Waals surface area contributed by atoms with Crippen molar-refractivity contribution in [2.45, 2.75) is 31.6 Å². The zero-order valence-electron chi connectivity index (χ0n) is 19.1. The number of hydrogen-bond donors (Lipinski definition) is 0. The molecule has 3 aromatic carbocycles. The summed E-state index contributed by atoms with van der Waals surface area (Å²) in [5.41, 5.74) is 6.16. The van der Waals surface area contributed by atoms with Crippen LogP contribution in [0.3, 0.4) is 0 Å². The number of rotatable bonds is 6. The lowest BCUT2D eigenvalue weighted by molar-refractivity contribution is 0.111. The number of nitrogens with zero attached hydrogens (tertiary/aromatic N) is 2. The summed E-state index contributed by atoms with van der Waals surface area (Å²) in [4.78, 5) is 16.5. The Morgan fingerprint density at radius 3 is 2.33 bits per heavy atom. The summed E-state index contributed by atoms with van der Waals surface area (Å²) in [6.45, 7) is 6.27. The fourth-order valence-electron chi connectivity index (χ4n) is 4.04. The van der Waals surface area contributed by atoms with Gasteiger partial charge in [-0.15, -0.1) is 0 Å². The van der Waals surface area contributed by atoms with E-state index >= 15 is 0 Å². The van der Waals surface area contributed by atoms with E-state index in [9.17, 15) is 13.2 Å². The number of imidazole rings is 1. The van der Waals surface area contributed by atoms with Crippen molar-refractivity contribution in [3.05, 3.63) is 89.7 Å². The van der Waals surface area contributed by atoms with Crippen molar-refractivity contribution in [2.24, 2.45) is 0 Å². The van der Waals surface area contributed by atoms with Crippen LogP contribution >= 0.6 is 0 Å². The van der Waals surface area contributed by atoms with Crippen LogP contribution in [0.2, 0.25) is 0 Å². The van der Waals surface area contributed by atoms with Crippen molar-refractivity contribution in [3.63, 3.8) is 0 Å². The van der Waals surface area contributed by atoms with E-state index < -0.39 is 9.84 Å². The Morgan fingerprint density at radius 2 is 1.67 bits per heavy atom. The molecule has 0 bridgehead atoms. The molecule has 0 aliphatic rings. The van der Waals surface area contributed by atoms with Gasteiger partial charge in [0.2, 0.25) is 0 Å². The SMILES string of the molecule is Cc1cc(-c2cccc(S(C)(=O)=O)c2)ccc1-n1cc(C=O)nc1-c1ccccc1C(C)C. The number of carbonyl (C=O) groups is 1. The molecule has 0 aliphatic heterocycles. The molecule has 4 rings (SSSR count). The quantitative estimate of drug-likeness (QED) is 0.340. The minimum Gasteiger partial charge on any atom is -0.299 e. The Bertz CT molecular complexity index is 1450. The monoisotopic (exact) mass is 458 g/mol. The number of hydrogen-bond acceptors (Lipinski definition) is 4. The van der Waals surface area contributed by atoms with Gasteiger partial charge in [0.25, 0.3) is 0 Å². The van der Waals surface area contributed by atoms with Gasteiger partial charge in [0.05, 0.1) is 10.6 Å². The highest BCUT2D eigenvalue weighted by molar-refractivity contribution is 7.90. The molecule has 0 saturated carbocycles. The smallest absolute Gasteiger partial charge is 0.175 e. The Labute approximate surface area is 194 Å². The van der Waals surface area contributed by atoms with Crippen molar-refractivity contribution in [3.8, 4) is 28.2 Å². The van der Waals surface area contributed by atoms with Gasteiger partial charge in [-0.25, -0.2) is 13.4 Å². The minimum atomic E-state index is -3.29. The van der Waals surface area contributed by atoms with Gasteiger partial charge < -0.3 is 0 Å². The van der Waals surface area contributed by atoms with Crippen molar-refractivity contribution in [2.75, 3.05) is 6.26 Å². The third kappa shape index (κ3) is 4.52. The predicted octanol–water partition coefficient (Wildman–Crippen LogP) is 5.85. The molecular weight excluding hydrogens is 432 g/mol. The Morgan fingerprint density at radius 1 is 0.939 bits per heavy atom. The summed E-state index contributed by atoms with van der Waals surface area (Å²) < 4.78 is 25.9. The number of aryl methyl sites for hydroxylation is 1. The highest BCUT2D eigenvalue weighted by Crippen LogP contribution is 2.32. The molecule has 0 unspecified atom stereocenters. The number of sulfone groups is 1. The van der Waals surface area contributed by atoms with Gasteiger partial charge in [-0.05, 0) is 59.4 Å².